The summed E-state index contributed by atoms with van der Waals surface area (Å²) in [6.45, 7) is 7.48. The Morgan fingerprint density at radius 1 is 1.18 bits per heavy atom. The zero-order chi connectivity index (χ0) is 15.7. The zero-order valence-electron chi connectivity index (χ0n) is 13.1. The second-order valence-corrected chi connectivity index (χ2v) is 6.21. The first kappa shape index (κ1) is 15.0. The predicted molar refractivity (Wildman–Crippen MR) is 82.6 cm³/mol. The number of benzene rings is 1. The number of piperazine rings is 1. The minimum Gasteiger partial charge on any atom is -0.448 e. The van der Waals surface area contributed by atoms with Gasteiger partial charge in [-0.3, -0.25) is 9.69 Å². The average Bonchev–Trinajstić information content (AvgIpc) is 2.54. The van der Waals surface area contributed by atoms with Crippen molar-refractivity contribution in [2.24, 2.45) is 0 Å². The van der Waals surface area contributed by atoms with Gasteiger partial charge in [0.05, 0.1) is 5.56 Å². The first-order valence-corrected chi connectivity index (χ1v) is 7.88. The summed E-state index contributed by atoms with van der Waals surface area (Å²) in [4.78, 5) is 28.8. The predicted octanol–water partition coefficient (Wildman–Crippen LogP) is 1.32. The zero-order valence-corrected chi connectivity index (χ0v) is 13.1. The molecular formula is C17H22N2O3. The summed E-state index contributed by atoms with van der Waals surface area (Å²) in [5.74, 6) is -0.452. The maximum atomic E-state index is 12.6. The third-order valence-electron chi connectivity index (χ3n) is 4.52. The van der Waals surface area contributed by atoms with Crippen molar-refractivity contribution in [2.45, 2.75) is 32.4 Å². The molecule has 2 heterocycles. The van der Waals surface area contributed by atoms with Gasteiger partial charge in [0.1, 0.15) is 0 Å². The molecule has 2 aliphatic heterocycles. The van der Waals surface area contributed by atoms with Crippen molar-refractivity contribution in [3.63, 3.8) is 0 Å². The number of ether oxygens (including phenoxy) is 1. The van der Waals surface area contributed by atoms with Gasteiger partial charge in [-0.2, -0.15) is 0 Å². The van der Waals surface area contributed by atoms with Crippen LogP contribution in [0.2, 0.25) is 0 Å². The normalized spacial score (nSPS) is 22.4. The average molecular weight is 302 g/mol. The van der Waals surface area contributed by atoms with Crippen molar-refractivity contribution in [3.8, 4) is 0 Å². The lowest BCUT2D eigenvalue weighted by molar-refractivity contribution is -0.143. The molecule has 0 aliphatic carbocycles. The highest BCUT2D eigenvalue weighted by Crippen LogP contribution is 2.22. The van der Waals surface area contributed by atoms with Crippen LogP contribution >= 0.6 is 0 Å². The van der Waals surface area contributed by atoms with Crippen LogP contribution in [-0.4, -0.2) is 60.0 Å². The SMILES string of the molecule is CC(C)N1CCN(C(=O)C2Cc3ccccc3C(=O)O2)CC1. The summed E-state index contributed by atoms with van der Waals surface area (Å²) < 4.78 is 5.36. The Balaban J connectivity index is 1.66. The van der Waals surface area contributed by atoms with Crippen LogP contribution in [0.4, 0.5) is 0 Å². The Morgan fingerprint density at radius 2 is 1.86 bits per heavy atom. The number of rotatable bonds is 2. The highest BCUT2D eigenvalue weighted by atomic mass is 16.5. The maximum absolute atomic E-state index is 12.6. The maximum Gasteiger partial charge on any atom is 0.339 e. The number of hydrogen-bond acceptors (Lipinski definition) is 4. The van der Waals surface area contributed by atoms with E-state index < -0.39 is 6.10 Å². The first-order valence-electron chi connectivity index (χ1n) is 7.88. The van der Waals surface area contributed by atoms with Crippen molar-refractivity contribution in [1.82, 2.24) is 9.80 Å². The van der Waals surface area contributed by atoms with Crippen molar-refractivity contribution in [3.05, 3.63) is 35.4 Å². The van der Waals surface area contributed by atoms with Gasteiger partial charge in [0.25, 0.3) is 5.91 Å². The van der Waals surface area contributed by atoms with Crippen LogP contribution in [0.5, 0.6) is 0 Å². The van der Waals surface area contributed by atoms with E-state index in [-0.39, 0.29) is 11.9 Å². The fourth-order valence-corrected chi connectivity index (χ4v) is 3.13. The molecule has 0 spiro atoms. The molecule has 1 saturated heterocycles. The summed E-state index contributed by atoms with van der Waals surface area (Å²) in [5, 5.41) is 0. The topological polar surface area (TPSA) is 49.9 Å². The number of esters is 1. The van der Waals surface area contributed by atoms with Crippen molar-refractivity contribution in [2.75, 3.05) is 26.2 Å². The minimum atomic E-state index is -0.673. The first-order chi connectivity index (χ1) is 10.6. The van der Waals surface area contributed by atoms with E-state index >= 15 is 0 Å². The fourth-order valence-electron chi connectivity index (χ4n) is 3.13. The number of fused-ring (bicyclic) bond motifs is 1. The molecule has 0 bridgehead atoms. The van der Waals surface area contributed by atoms with E-state index in [2.05, 4.69) is 18.7 Å². The van der Waals surface area contributed by atoms with E-state index in [0.717, 1.165) is 18.7 Å². The van der Waals surface area contributed by atoms with Gasteiger partial charge in [0.2, 0.25) is 0 Å². The van der Waals surface area contributed by atoms with Crippen LogP contribution in [0.3, 0.4) is 0 Å². The Bertz CT molecular complexity index is 577. The summed E-state index contributed by atoms with van der Waals surface area (Å²) in [7, 11) is 0. The van der Waals surface area contributed by atoms with Gasteiger partial charge in [0.15, 0.2) is 6.10 Å². The van der Waals surface area contributed by atoms with Crippen LogP contribution in [0.1, 0.15) is 29.8 Å². The largest absolute Gasteiger partial charge is 0.448 e. The Kier molecular flexibility index (Phi) is 4.16. The molecule has 1 atom stereocenters. The summed E-state index contributed by atoms with van der Waals surface area (Å²) >= 11 is 0. The molecule has 1 aromatic rings. The van der Waals surface area contributed by atoms with Crippen molar-refractivity contribution >= 4 is 11.9 Å². The number of hydrogen-bond donors (Lipinski definition) is 0. The van der Waals surface area contributed by atoms with Gasteiger partial charge in [-0.15, -0.1) is 0 Å². The molecule has 0 aromatic heterocycles. The second kappa shape index (κ2) is 6.08. The summed E-state index contributed by atoms with van der Waals surface area (Å²) in [5.41, 5.74) is 1.48. The summed E-state index contributed by atoms with van der Waals surface area (Å²) in [6.07, 6.45) is -0.196. The van der Waals surface area contributed by atoms with E-state index in [9.17, 15) is 9.59 Å². The molecule has 118 valence electrons. The lowest BCUT2D eigenvalue weighted by atomic mass is 9.98. The Morgan fingerprint density at radius 3 is 2.55 bits per heavy atom. The van der Waals surface area contributed by atoms with Gasteiger partial charge >= 0.3 is 5.97 Å². The molecule has 1 aromatic carbocycles. The monoisotopic (exact) mass is 302 g/mol. The molecule has 2 aliphatic rings. The van der Waals surface area contributed by atoms with Gasteiger partial charge in [0, 0.05) is 38.6 Å². The number of cyclic esters (lactones) is 1. The quantitative estimate of drug-likeness (QED) is 0.773. The van der Waals surface area contributed by atoms with E-state index in [4.69, 9.17) is 4.74 Å². The van der Waals surface area contributed by atoms with Crippen LogP contribution in [0, 0.1) is 0 Å². The molecule has 5 nitrogen and oxygen atoms in total. The van der Waals surface area contributed by atoms with Gasteiger partial charge in [-0.1, -0.05) is 18.2 Å². The van der Waals surface area contributed by atoms with Crippen LogP contribution < -0.4 is 0 Å². The lowest BCUT2D eigenvalue weighted by Gasteiger charge is -2.38. The molecule has 5 heteroatoms. The van der Waals surface area contributed by atoms with E-state index in [0.29, 0.717) is 31.1 Å². The van der Waals surface area contributed by atoms with Gasteiger partial charge < -0.3 is 9.64 Å². The highest BCUT2D eigenvalue weighted by Gasteiger charge is 2.35. The van der Waals surface area contributed by atoms with Crippen LogP contribution in [0.25, 0.3) is 0 Å². The molecule has 1 amide bonds. The molecular weight excluding hydrogens is 280 g/mol. The van der Waals surface area contributed by atoms with E-state index in [1.165, 1.54) is 0 Å². The molecule has 0 radical (unpaired) electrons. The number of carbonyl (C=O) groups is 2. The smallest absolute Gasteiger partial charge is 0.339 e. The molecule has 0 saturated carbocycles. The third kappa shape index (κ3) is 2.86. The molecule has 22 heavy (non-hydrogen) atoms. The molecule has 1 fully saturated rings. The fraction of sp³-hybridized carbons (Fsp3) is 0.529. The standard InChI is InChI=1S/C17H22N2O3/c1-12(2)18-7-9-19(10-8-18)16(20)15-11-13-5-3-4-6-14(13)17(21)22-15/h3-6,12,15H,7-11H2,1-2H3. The third-order valence-corrected chi connectivity index (χ3v) is 4.52. The van der Waals surface area contributed by atoms with E-state index in [1.807, 2.05) is 23.1 Å². The Hall–Kier alpha value is -1.88. The van der Waals surface area contributed by atoms with Gasteiger partial charge in [-0.05, 0) is 25.5 Å². The van der Waals surface area contributed by atoms with Crippen LogP contribution in [0.15, 0.2) is 24.3 Å². The number of carbonyl (C=O) groups excluding carboxylic acids is 2. The second-order valence-electron chi connectivity index (χ2n) is 6.21. The molecule has 1 unspecified atom stereocenters. The minimum absolute atomic E-state index is 0.0636. The van der Waals surface area contributed by atoms with Crippen molar-refractivity contribution < 1.29 is 14.3 Å². The summed E-state index contributed by atoms with van der Waals surface area (Å²) in [6, 6.07) is 7.84. The van der Waals surface area contributed by atoms with Crippen LogP contribution in [-0.2, 0) is 16.0 Å². The number of nitrogens with zero attached hydrogens (tertiary/aromatic N) is 2. The molecule has 3 rings (SSSR count). The highest BCUT2D eigenvalue weighted by molar-refractivity contribution is 5.95. The number of amides is 1. The van der Waals surface area contributed by atoms with Gasteiger partial charge in [-0.25, -0.2) is 4.79 Å². The molecule has 0 N–H and O–H groups in total. The Labute approximate surface area is 130 Å². The van der Waals surface area contributed by atoms with Crippen molar-refractivity contribution in [1.29, 1.82) is 0 Å². The lowest BCUT2D eigenvalue weighted by Crippen LogP contribution is -2.54. The van der Waals surface area contributed by atoms with E-state index in [1.54, 1.807) is 6.07 Å².